The Kier molecular flexibility index (Phi) is 4.82. The molecule has 2 unspecified atom stereocenters. The molecule has 1 heterocycles. The van der Waals surface area contributed by atoms with E-state index in [4.69, 9.17) is 5.73 Å². The lowest BCUT2D eigenvalue weighted by atomic mass is 10.1. The smallest absolute Gasteiger partial charge is 0.265 e. The Balaban J connectivity index is 2.07. The molecule has 1 aliphatic rings. The summed E-state index contributed by atoms with van der Waals surface area (Å²) in [5, 5.41) is 13.0. The van der Waals surface area contributed by atoms with Gasteiger partial charge in [0, 0.05) is 32.2 Å². The molecule has 4 N–H and O–H groups in total. The van der Waals surface area contributed by atoms with Crippen molar-refractivity contribution in [2.24, 2.45) is 5.92 Å². The largest absolute Gasteiger partial charge is 0.396 e. The summed E-state index contributed by atoms with van der Waals surface area (Å²) in [6.07, 6.45) is 2.92. The van der Waals surface area contributed by atoms with Crippen LogP contribution in [0.4, 0.5) is 10.9 Å². The van der Waals surface area contributed by atoms with Crippen LogP contribution in [0.3, 0.4) is 0 Å². The van der Waals surface area contributed by atoms with Crippen LogP contribution >= 0.6 is 11.3 Å². The maximum Gasteiger partial charge on any atom is 0.265 e. The van der Waals surface area contributed by atoms with Crippen molar-refractivity contribution in [2.75, 3.05) is 30.8 Å². The second-order valence-corrected chi connectivity index (χ2v) is 6.16. The minimum Gasteiger partial charge on any atom is -0.396 e. The van der Waals surface area contributed by atoms with Gasteiger partial charge >= 0.3 is 0 Å². The van der Waals surface area contributed by atoms with Crippen LogP contribution in [0.5, 0.6) is 0 Å². The highest BCUT2D eigenvalue weighted by molar-refractivity contribution is 7.18. The second kappa shape index (κ2) is 6.41. The Hall–Kier alpha value is -1.34. The van der Waals surface area contributed by atoms with E-state index in [0.29, 0.717) is 4.88 Å². The molecular weight excluding hydrogens is 276 g/mol. The first kappa shape index (κ1) is 15.1. The lowest BCUT2D eigenvalue weighted by molar-refractivity contribution is 0.0921. The average molecular weight is 298 g/mol. The lowest BCUT2D eigenvalue weighted by Crippen LogP contribution is -2.38. The van der Waals surface area contributed by atoms with E-state index in [2.05, 4.69) is 10.3 Å². The highest BCUT2D eigenvalue weighted by Gasteiger charge is 2.29. The number of amides is 1. The molecule has 7 heteroatoms. The predicted molar refractivity (Wildman–Crippen MR) is 81.2 cm³/mol. The fourth-order valence-electron chi connectivity index (χ4n) is 2.46. The number of nitrogens with one attached hydrogen (secondary N) is 1. The first-order chi connectivity index (χ1) is 9.56. The molecule has 20 heavy (non-hydrogen) atoms. The van der Waals surface area contributed by atoms with Gasteiger partial charge in [-0.3, -0.25) is 4.79 Å². The number of anilines is 2. The Bertz CT molecular complexity index is 477. The Morgan fingerprint density at radius 2 is 2.35 bits per heavy atom. The molecule has 0 aromatic carbocycles. The normalized spacial score (nSPS) is 21.9. The molecule has 1 saturated carbocycles. The number of nitrogens with zero attached hydrogens (tertiary/aromatic N) is 2. The standard InChI is InChI=1S/C13H22N4O2S/c1-3-17(2)13-16-11(14)10(20-13)12(19)15-9-6-4-5-8(9)7-18/h8-9,18H,3-7,14H2,1-2H3,(H,15,19). The van der Waals surface area contributed by atoms with Crippen molar-refractivity contribution in [2.45, 2.75) is 32.2 Å². The van der Waals surface area contributed by atoms with Crippen LogP contribution in [0.15, 0.2) is 0 Å². The number of thiazole rings is 1. The number of carbonyl (C=O) groups is 1. The number of carbonyl (C=O) groups excluding carboxylic acids is 1. The van der Waals surface area contributed by atoms with Crippen LogP contribution in [0, 0.1) is 5.92 Å². The van der Waals surface area contributed by atoms with Crippen molar-refractivity contribution in [1.29, 1.82) is 0 Å². The van der Waals surface area contributed by atoms with Gasteiger partial charge in [0.2, 0.25) is 0 Å². The van der Waals surface area contributed by atoms with E-state index in [0.717, 1.165) is 30.9 Å². The minimum atomic E-state index is -0.180. The van der Waals surface area contributed by atoms with Gasteiger partial charge in [-0.15, -0.1) is 0 Å². The van der Waals surface area contributed by atoms with Crippen LogP contribution in [-0.4, -0.2) is 42.2 Å². The van der Waals surface area contributed by atoms with Gasteiger partial charge in [0.25, 0.3) is 5.91 Å². The number of nitrogen functional groups attached to an aromatic ring is 1. The van der Waals surface area contributed by atoms with Gasteiger partial charge in [0.1, 0.15) is 10.7 Å². The zero-order chi connectivity index (χ0) is 14.7. The van der Waals surface area contributed by atoms with Crippen LogP contribution < -0.4 is 16.0 Å². The van der Waals surface area contributed by atoms with E-state index in [1.165, 1.54) is 11.3 Å². The molecule has 0 aliphatic heterocycles. The first-order valence-electron chi connectivity index (χ1n) is 6.96. The number of aliphatic hydroxyl groups excluding tert-OH is 1. The van der Waals surface area contributed by atoms with Crippen LogP contribution in [0.25, 0.3) is 0 Å². The summed E-state index contributed by atoms with van der Waals surface area (Å²) in [5.41, 5.74) is 5.84. The van der Waals surface area contributed by atoms with Gasteiger partial charge in [-0.1, -0.05) is 17.8 Å². The summed E-state index contributed by atoms with van der Waals surface area (Å²) >= 11 is 1.31. The molecule has 6 nitrogen and oxygen atoms in total. The van der Waals surface area contributed by atoms with Crippen molar-refractivity contribution in [3.05, 3.63) is 4.88 Å². The molecule has 1 amide bonds. The van der Waals surface area contributed by atoms with Crippen LogP contribution in [0.1, 0.15) is 35.9 Å². The van der Waals surface area contributed by atoms with Crippen molar-refractivity contribution >= 4 is 28.2 Å². The summed E-state index contributed by atoms with van der Waals surface area (Å²) in [6, 6.07) is 0.0429. The topological polar surface area (TPSA) is 91.5 Å². The zero-order valence-electron chi connectivity index (χ0n) is 11.9. The summed E-state index contributed by atoms with van der Waals surface area (Å²) in [6.45, 7) is 2.94. The quantitative estimate of drug-likeness (QED) is 0.756. The summed E-state index contributed by atoms with van der Waals surface area (Å²) in [4.78, 5) is 18.9. The molecule has 2 rings (SSSR count). The fourth-order valence-corrected chi connectivity index (χ4v) is 3.37. The average Bonchev–Trinajstić information content (AvgIpc) is 3.04. The fraction of sp³-hybridized carbons (Fsp3) is 0.692. The van der Waals surface area contributed by atoms with E-state index in [-0.39, 0.29) is 30.3 Å². The Morgan fingerprint density at radius 1 is 1.60 bits per heavy atom. The van der Waals surface area contributed by atoms with Crippen LogP contribution in [0.2, 0.25) is 0 Å². The molecule has 1 aromatic heterocycles. The Labute approximate surface area is 123 Å². The Morgan fingerprint density at radius 3 is 3.00 bits per heavy atom. The number of nitrogens with two attached hydrogens (primary N) is 1. The molecule has 112 valence electrons. The van der Waals surface area contributed by atoms with Gasteiger partial charge in [-0.2, -0.15) is 0 Å². The molecular formula is C13H22N4O2S. The highest BCUT2D eigenvalue weighted by atomic mass is 32.1. The predicted octanol–water partition coefficient (Wildman–Crippen LogP) is 1.07. The van der Waals surface area contributed by atoms with Crippen molar-refractivity contribution in [1.82, 2.24) is 10.3 Å². The van der Waals surface area contributed by atoms with Crippen molar-refractivity contribution in [3.63, 3.8) is 0 Å². The summed E-state index contributed by atoms with van der Waals surface area (Å²) < 4.78 is 0. The minimum absolute atomic E-state index is 0.0429. The van der Waals surface area contributed by atoms with Gasteiger partial charge < -0.3 is 21.1 Å². The first-order valence-corrected chi connectivity index (χ1v) is 7.77. The third-order valence-corrected chi connectivity index (χ3v) is 5.04. The van der Waals surface area contributed by atoms with E-state index >= 15 is 0 Å². The number of hydrogen-bond acceptors (Lipinski definition) is 6. The van der Waals surface area contributed by atoms with E-state index < -0.39 is 0 Å². The molecule has 1 aliphatic carbocycles. The lowest BCUT2D eigenvalue weighted by Gasteiger charge is -2.18. The van der Waals surface area contributed by atoms with Crippen molar-refractivity contribution in [3.8, 4) is 0 Å². The van der Waals surface area contributed by atoms with Gasteiger partial charge in [-0.05, 0) is 19.8 Å². The number of rotatable bonds is 5. The molecule has 0 spiro atoms. The maximum atomic E-state index is 12.3. The number of aliphatic hydroxyl groups is 1. The number of aromatic nitrogens is 1. The maximum absolute atomic E-state index is 12.3. The monoisotopic (exact) mass is 298 g/mol. The van der Waals surface area contributed by atoms with E-state index in [1.807, 2.05) is 18.9 Å². The van der Waals surface area contributed by atoms with E-state index in [9.17, 15) is 9.90 Å². The summed E-state index contributed by atoms with van der Waals surface area (Å²) in [5.74, 6) is 0.258. The summed E-state index contributed by atoms with van der Waals surface area (Å²) in [7, 11) is 1.92. The van der Waals surface area contributed by atoms with E-state index in [1.54, 1.807) is 0 Å². The molecule has 0 radical (unpaired) electrons. The third kappa shape index (κ3) is 3.04. The number of hydrogen-bond donors (Lipinski definition) is 3. The zero-order valence-corrected chi connectivity index (χ0v) is 12.7. The SMILES string of the molecule is CCN(C)c1nc(N)c(C(=O)NC2CCCC2CO)s1. The molecule has 0 bridgehead atoms. The van der Waals surface area contributed by atoms with Crippen LogP contribution in [-0.2, 0) is 0 Å². The molecule has 1 fully saturated rings. The molecule has 2 atom stereocenters. The van der Waals surface area contributed by atoms with Crippen molar-refractivity contribution < 1.29 is 9.90 Å². The van der Waals surface area contributed by atoms with Gasteiger partial charge in [0.15, 0.2) is 5.13 Å². The van der Waals surface area contributed by atoms with Gasteiger partial charge in [0.05, 0.1) is 0 Å². The highest BCUT2D eigenvalue weighted by Crippen LogP contribution is 2.29. The third-order valence-electron chi connectivity index (χ3n) is 3.86. The van der Waals surface area contributed by atoms with Gasteiger partial charge in [-0.25, -0.2) is 4.98 Å². The molecule has 1 aromatic rings. The second-order valence-electron chi connectivity index (χ2n) is 5.18. The molecule has 0 saturated heterocycles.